The number of aliphatic hydroxyl groups is 1. The minimum atomic E-state index is -0.0232. The van der Waals surface area contributed by atoms with Crippen molar-refractivity contribution < 1.29 is 9.84 Å². The van der Waals surface area contributed by atoms with Crippen molar-refractivity contribution in [3.05, 3.63) is 0 Å². The third-order valence-electron chi connectivity index (χ3n) is 5.15. The molecule has 0 aromatic rings. The molecule has 2 fully saturated rings. The molecule has 2 rings (SSSR count). The SMILES string of the molecule is CCCNC1(CO)CCC(N(C)CC2CCOCC2)C1. The summed E-state index contributed by atoms with van der Waals surface area (Å²) in [6.07, 6.45) is 6.93. The second-order valence-corrected chi connectivity index (χ2v) is 6.76. The van der Waals surface area contributed by atoms with Gasteiger partial charge >= 0.3 is 0 Å². The van der Waals surface area contributed by atoms with Crippen molar-refractivity contribution in [3.8, 4) is 0 Å². The van der Waals surface area contributed by atoms with Crippen LogP contribution in [0.3, 0.4) is 0 Å². The fraction of sp³-hybridized carbons (Fsp3) is 1.00. The lowest BCUT2D eigenvalue weighted by atomic mass is 9.97. The maximum absolute atomic E-state index is 9.77. The van der Waals surface area contributed by atoms with Crippen LogP contribution in [0, 0.1) is 5.92 Å². The maximum atomic E-state index is 9.77. The van der Waals surface area contributed by atoms with Crippen molar-refractivity contribution in [3.63, 3.8) is 0 Å². The van der Waals surface area contributed by atoms with Crippen LogP contribution in [-0.2, 0) is 4.74 Å². The van der Waals surface area contributed by atoms with Crippen molar-refractivity contribution in [2.45, 2.75) is 57.0 Å². The van der Waals surface area contributed by atoms with Crippen LogP contribution >= 0.6 is 0 Å². The predicted molar refractivity (Wildman–Crippen MR) is 81.9 cm³/mol. The standard InChI is InChI=1S/C16H32N2O2/c1-3-8-17-16(13-19)7-4-15(11-16)18(2)12-14-5-9-20-10-6-14/h14-15,17,19H,3-13H2,1-2H3. The third kappa shape index (κ3) is 4.17. The molecular weight excluding hydrogens is 252 g/mol. The van der Waals surface area contributed by atoms with Gasteiger partial charge < -0.3 is 20.1 Å². The summed E-state index contributed by atoms with van der Waals surface area (Å²) in [5.74, 6) is 0.793. The average molecular weight is 284 g/mol. The van der Waals surface area contributed by atoms with E-state index in [0.717, 1.165) is 44.9 Å². The molecule has 1 aliphatic heterocycles. The molecule has 2 unspecified atom stereocenters. The van der Waals surface area contributed by atoms with Crippen LogP contribution in [0.5, 0.6) is 0 Å². The Kier molecular flexibility index (Phi) is 6.27. The molecule has 2 N–H and O–H groups in total. The number of hydrogen-bond donors (Lipinski definition) is 2. The summed E-state index contributed by atoms with van der Waals surface area (Å²) in [5.41, 5.74) is -0.0232. The zero-order valence-corrected chi connectivity index (χ0v) is 13.2. The van der Waals surface area contributed by atoms with Gasteiger partial charge in [-0.15, -0.1) is 0 Å². The molecule has 1 heterocycles. The van der Waals surface area contributed by atoms with Gasteiger partial charge in [-0.2, -0.15) is 0 Å². The summed E-state index contributed by atoms with van der Waals surface area (Å²) in [6.45, 7) is 6.51. The van der Waals surface area contributed by atoms with E-state index in [-0.39, 0.29) is 12.1 Å². The third-order valence-corrected chi connectivity index (χ3v) is 5.15. The Morgan fingerprint density at radius 1 is 1.30 bits per heavy atom. The highest BCUT2D eigenvalue weighted by molar-refractivity contribution is 4.99. The summed E-state index contributed by atoms with van der Waals surface area (Å²) < 4.78 is 5.44. The van der Waals surface area contributed by atoms with Crippen LogP contribution in [0.4, 0.5) is 0 Å². The first-order valence-electron chi connectivity index (χ1n) is 8.33. The number of nitrogens with one attached hydrogen (secondary N) is 1. The smallest absolute Gasteiger partial charge is 0.0613 e. The van der Waals surface area contributed by atoms with Gasteiger partial charge in [-0.05, 0) is 58.0 Å². The maximum Gasteiger partial charge on any atom is 0.0613 e. The second kappa shape index (κ2) is 7.74. The Labute approximate surface area is 123 Å². The van der Waals surface area contributed by atoms with Crippen LogP contribution in [0.1, 0.15) is 45.4 Å². The molecule has 20 heavy (non-hydrogen) atoms. The van der Waals surface area contributed by atoms with Crippen molar-refractivity contribution in [2.75, 3.05) is 40.0 Å². The van der Waals surface area contributed by atoms with Gasteiger partial charge in [-0.1, -0.05) is 6.92 Å². The highest BCUT2D eigenvalue weighted by atomic mass is 16.5. The van der Waals surface area contributed by atoms with E-state index in [2.05, 4.69) is 24.2 Å². The summed E-state index contributed by atoms with van der Waals surface area (Å²) in [5, 5.41) is 13.4. The monoisotopic (exact) mass is 284 g/mol. The number of nitrogens with zero attached hydrogens (tertiary/aromatic N) is 1. The van der Waals surface area contributed by atoms with E-state index in [0.29, 0.717) is 6.04 Å². The minimum absolute atomic E-state index is 0.0232. The molecule has 2 aliphatic rings. The predicted octanol–water partition coefficient (Wildman–Crippen LogP) is 1.63. The summed E-state index contributed by atoms with van der Waals surface area (Å²) in [7, 11) is 2.26. The van der Waals surface area contributed by atoms with Gasteiger partial charge in [-0.3, -0.25) is 0 Å². The first kappa shape index (κ1) is 16.2. The topological polar surface area (TPSA) is 44.7 Å². The highest BCUT2D eigenvalue weighted by Crippen LogP contribution is 2.33. The number of aliphatic hydroxyl groups excluding tert-OH is 1. The van der Waals surface area contributed by atoms with E-state index in [1.54, 1.807) is 0 Å². The molecule has 1 saturated heterocycles. The van der Waals surface area contributed by atoms with Gasteiger partial charge in [0, 0.05) is 31.3 Å². The van der Waals surface area contributed by atoms with Gasteiger partial charge in [0.1, 0.15) is 0 Å². The van der Waals surface area contributed by atoms with Crippen LogP contribution < -0.4 is 5.32 Å². The molecule has 118 valence electrons. The number of hydrogen-bond acceptors (Lipinski definition) is 4. The van der Waals surface area contributed by atoms with Crippen molar-refractivity contribution >= 4 is 0 Å². The van der Waals surface area contributed by atoms with Gasteiger partial charge in [0.15, 0.2) is 0 Å². The summed E-state index contributed by atoms with van der Waals surface area (Å²) in [6, 6.07) is 0.620. The molecule has 0 aromatic heterocycles. The van der Waals surface area contributed by atoms with E-state index in [9.17, 15) is 5.11 Å². The van der Waals surface area contributed by atoms with Crippen LogP contribution in [0.2, 0.25) is 0 Å². The number of ether oxygens (including phenoxy) is 1. The first-order valence-corrected chi connectivity index (χ1v) is 8.33. The van der Waals surface area contributed by atoms with Crippen LogP contribution in [0.15, 0.2) is 0 Å². The average Bonchev–Trinajstić information content (AvgIpc) is 2.91. The second-order valence-electron chi connectivity index (χ2n) is 6.76. The molecule has 1 saturated carbocycles. The van der Waals surface area contributed by atoms with Crippen molar-refractivity contribution in [2.24, 2.45) is 5.92 Å². The zero-order chi connectivity index (χ0) is 14.4. The highest BCUT2D eigenvalue weighted by Gasteiger charge is 2.39. The van der Waals surface area contributed by atoms with Crippen LogP contribution in [0.25, 0.3) is 0 Å². The lowest BCUT2D eigenvalue weighted by Crippen LogP contribution is -2.48. The molecule has 0 bridgehead atoms. The van der Waals surface area contributed by atoms with E-state index >= 15 is 0 Å². The Morgan fingerprint density at radius 2 is 2.05 bits per heavy atom. The minimum Gasteiger partial charge on any atom is -0.394 e. The van der Waals surface area contributed by atoms with Crippen molar-refractivity contribution in [1.29, 1.82) is 0 Å². The van der Waals surface area contributed by atoms with E-state index in [1.807, 2.05) is 0 Å². The molecule has 0 amide bonds. The first-order chi connectivity index (χ1) is 9.69. The molecule has 0 spiro atoms. The van der Waals surface area contributed by atoms with Crippen molar-refractivity contribution in [1.82, 2.24) is 10.2 Å². The quantitative estimate of drug-likeness (QED) is 0.746. The summed E-state index contributed by atoms with van der Waals surface area (Å²) >= 11 is 0. The molecule has 2 atom stereocenters. The lowest BCUT2D eigenvalue weighted by Gasteiger charge is -2.33. The Morgan fingerprint density at radius 3 is 2.70 bits per heavy atom. The van der Waals surface area contributed by atoms with Gasteiger partial charge in [-0.25, -0.2) is 0 Å². The van der Waals surface area contributed by atoms with Gasteiger partial charge in [0.05, 0.1) is 6.61 Å². The molecule has 0 radical (unpaired) electrons. The normalized spacial score (nSPS) is 32.1. The van der Waals surface area contributed by atoms with E-state index in [1.165, 1.54) is 25.8 Å². The lowest BCUT2D eigenvalue weighted by molar-refractivity contribution is 0.0495. The van der Waals surface area contributed by atoms with Gasteiger partial charge in [0.25, 0.3) is 0 Å². The van der Waals surface area contributed by atoms with E-state index < -0.39 is 0 Å². The Hall–Kier alpha value is -0.160. The molecule has 4 heteroatoms. The molecule has 1 aliphatic carbocycles. The summed E-state index contributed by atoms with van der Waals surface area (Å²) in [4.78, 5) is 2.53. The Balaban J connectivity index is 1.80. The van der Waals surface area contributed by atoms with Crippen LogP contribution in [-0.4, -0.2) is 61.5 Å². The Bertz CT molecular complexity index is 282. The largest absolute Gasteiger partial charge is 0.394 e. The molecular formula is C16H32N2O2. The fourth-order valence-corrected chi connectivity index (χ4v) is 3.71. The molecule has 4 nitrogen and oxygen atoms in total. The van der Waals surface area contributed by atoms with E-state index in [4.69, 9.17) is 4.74 Å². The zero-order valence-electron chi connectivity index (χ0n) is 13.2. The number of rotatable bonds is 7. The molecule has 0 aromatic carbocycles. The van der Waals surface area contributed by atoms with Gasteiger partial charge in [0.2, 0.25) is 0 Å². The fourth-order valence-electron chi connectivity index (χ4n) is 3.71.